The van der Waals surface area contributed by atoms with Crippen molar-refractivity contribution in [3.8, 4) is 0 Å². The van der Waals surface area contributed by atoms with E-state index >= 15 is 0 Å². The van der Waals surface area contributed by atoms with Crippen LogP contribution in [-0.2, 0) is 16.1 Å². The number of anilines is 1. The number of carboxylic acid groups (broad SMARTS) is 1. The molecule has 0 saturated carbocycles. The number of carbonyl (C=O) groups is 2. The van der Waals surface area contributed by atoms with Crippen LogP contribution in [0.5, 0.6) is 0 Å². The van der Waals surface area contributed by atoms with Gasteiger partial charge in [0.1, 0.15) is 6.54 Å². The van der Waals surface area contributed by atoms with Crippen molar-refractivity contribution < 1.29 is 14.7 Å². The third kappa shape index (κ3) is 4.27. The Morgan fingerprint density at radius 3 is 2.90 bits per heavy atom. The van der Waals surface area contributed by atoms with Gasteiger partial charge in [0.25, 0.3) is 0 Å². The van der Waals surface area contributed by atoms with Gasteiger partial charge in [-0.15, -0.1) is 5.10 Å². The van der Waals surface area contributed by atoms with Crippen LogP contribution >= 0.6 is 0 Å². The van der Waals surface area contributed by atoms with E-state index in [2.05, 4.69) is 15.6 Å². The van der Waals surface area contributed by atoms with E-state index in [1.165, 1.54) is 17.0 Å². The summed E-state index contributed by atoms with van der Waals surface area (Å²) in [6, 6.07) is 5.29. The van der Waals surface area contributed by atoms with Gasteiger partial charge >= 0.3 is 5.97 Å². The molecule has 21 heavy (non-hydrogen) atoms. The molecule has 0 spiro atoms. The number of rotatable bonds is 5. The van der Waals surface area contributed by atoms with Gasteiger partial charge in [0.05, 0.1) is 6.20 Å². The summed E-state index contributed by atoms with van der Waals surface area (Å²) in [5.41, 5.74) is 2.24. The second kappa shape index (κ2) is 6.47. The van der Waals surface area contributed by atoms with Crippen molar-refractivity contribution in [2.45, 2.75) is 13.5 Å². The van der Waals surface area contributed by atoms with Crippen molar-refractivity contribution >= 4 is 23.6 Å². The van der Waals surface area contributed by atoms with Crippen LogP contribution < -0.4 is 5.32 Å². The summed E-state index contributed by atoms with van der Waals surface area (Å²) < 4.78 is 1.41. The first kappa shape index (κ1) is 14.4. The van der Waals surface area contributed by atoms with Crippen LogP contribution in [0.4, 0.5) is 5.69 Å². The molecule has 0 saturated heterocycles. The third-order valence-corrected chi connectivity index (χ3v) is 2.75. The van der Waals surface area contributed by atoms with Crippen LogP contribution in [0.2, 0.25) is 0 Å². The zero-order valence-corrected chi connectivity index (χ0v) is 11.4. The second-order valence-electron chi connectivity index (χ2n) is 4.39. The maximum absolute atomic E-state index is 11.8. The minimum Gasteiger partial charge on any atom is -0.478 e. The number of benzene rings is 1. The van der Waals surface area contributed by atoms with Crippen molar-refractivity contribution in [3.05, 3.63) is 47.8 Å². The fraction of sp³-hybridized carbons (Fsp3) is 0.143. The van der Waals surface area contributed by atoms with Gasteiger partial charge in [0.2, 0.25) is 5.91 Å². The number of nitrogens with zero attached hydrogens (tertiary/aromatic N) is 3. The van der Waals surface area contributed by atoms with Crippen LogP contribution in [0.15, 0.2) is 36.7 Å². The van der Waals surface area contributed by atoms with Gasteiger partial charge < -0.3 is 10.4 Å². The topological polar surface area (TPSA) is 97.1 Å². The van der Waals surface area contributed by atoms with E-state index in [0.717, 1.165) is 17.2 Å². The van der Waals surface area contributed by atoms with Gasteiger partial charge in [-0.05, 0) is 36.3 Å². The van der Waals surface area contributed by atoms with Gasteiger partial charge in [-0.1, -0.05) is 11.3 Å². The molecule has 108 valence electrons. The zero-order valence-electron chi connectivity index (χ0n) is 11.4. The smallest absolute Gasteiger partial charge is 0.328 e. The van der Waals surface area contributed by atoms with Gasteiger partial charge in [-0.25, -0.2) is 9.48 Å². The van der Waals surface area contributed by atoms with E-state index < -0.39 is 5.97 Å². The molecule has 7 nitrogen and oxygen atoms in total. The number of hydrogen-bond donors (Lipinski definition) is 2. The van der Waals surface area contributed by atoms with Gasteiger partial charge in [-0.2, -0.15) is 0 Å². The van der Waals surface area contributed by atoms with E-state index in [9.17, 15) is 9.59 Å². The van der Waals surface area contributed by atoms with Crippen molar-refractivity contribution in [2.75, 3.05) is 5.32 Å². The second-order valence-corrected chi connectivity index (χ2v) is 4.39. The minimum atomic E-state index is -1.02. The highest BCUT2D eigenvalue weighted by Gasteiger charge is 2.05. The Morgan fingerprint density at radius 1 is 1.43 bits per heavy atom. The predicted octanol–water partition coefficient (Wildman–Crippen LogP) is 1.32. The molecule has 0 fully saturated rings. The molecule has 1 aromatic carbocycles. The third-order valence-electron chi connectivity index (χ3n) is 2.75. The molecule has 1 amide bonds. The first-order valence-corrected chi connectivity index (χ1v) is 6.20. The molecule has 1 heterocycles. The summed E-state index contributed by atoms with van der Waals surface area (Å²) in [4.78, 5) is 22.4. The maximum atomic E-state index is 11.8. The number of aryl methyl sites for hydroxylation is 1. The predicted molar refractivity (Wildman–Crippen MR) is 76.5 cm³/mol. The van der Waals surface area contributed by atoms with E-state index in [0.29, 0.717) is 5.69 Å². The molecule has 0 aliphatic rings. The van der Waals surface area contributed by atoms with E-state index in [1.54, 1.807) is 18.3 Å². The normalized spacial score (nSPS) is 10.7. The first-order valence-electron chi connectivity index (χ1n) is 6.20. The van der Waals surface area contributed by atoms with Gasteiger partial charge in [0, 0.05) is 18.0 Å². The highest BCUT2D eigenvalue weighted by Crippen LogP contribution is 2.16. The van der Waals surface area contributed by atoms with Crippen molar-refractivity contribution in [2.24, 2.45) is 0 Å². The number of aliphatic carboxylic acids is 1. The van der Waals surface area contributed by atoms with Crippen LogP contribution in [-0.4, -0.2) is 32.0 Å². The molecule has 2 N–H and O–H groups in total. The number of amides is 1. The van der Waals surface area contributed by atoms with Crippen LogP contribution in [0.1, 0.15) is 11.1 Å². The molecule has 0 atom stereocenters. The van der Waals surface area contributed by atoms with E-state index in [-0.39, 0.29) is 12.5 Å². The molecular weight excluding hydrogens is 272 g/mol. The SMILES string of the molecule is Cc1ccc(NC(=O)Cn2ccnn2)cc1/C=C/C(=O)O. The number of carboxylic acids is 1. The molecule has 0 aliphatic carbocycles. The highest BCUT2D eigenvalue weighted by molar-refractivity contribution is 5.91. The van der Waals surface area contributed by atoms with Crippen molar-refractivity contribution in [3.63, 3.8) is 0 Å². The van der Waals surface area contributed by atoms with Gasteiger partial charge in [-0.3, -0.25) is 4.79 Å². The lowest BCUT2D eigenvalue weighted by Gasteiger charge is -2.08. The Kier molecular flexibility index (Phi) is 4.45. The van der Waals surface area contributed by atoms with E-state index in [1.807, 2.05) is 13.0 Å². The molecule has 2 aromatic rings. The molecule has 0 radical (unpaired) electrons. The summed E-state index contributed by atoms with van der Waals surface area (Å²) in [5.74, 6) is -1.26. The Balaban J connectivity index is 2.08. The Labute approximate surface area is 120 Å². The summed E-state index contributed by atoms with van der Waals surface area (Å²) in [7, 11) is 0. The summed E-state index contributed by atoms with van der Waals surface area (Å²) in [5, 5.41) is 18.7. The lowest BCUT2D eigenvalue weighted by molar-refractivity contribution is -0.131. The Bertz CT molecular complexity index is 678. The van der Waals surface area contributed by atoms with Gasteiger partial charge in [0.15, 0.2) is 0 Å². The summed E-state index contributed by atoms with van der Waals surface area (Å²) in [6.45, 7) is 1.93. The first-order chi connectivity index (χ1) is 10.0. The quantitative estimate of drug-likeness (QED) is 0.808. The fourth-order valence-electron chi connectivity index (χ4n) is 1.72. The molecule has 2 rings (SSSR count). The van der Waals surface area contributed by atoms with E-state index in [4.69, 9.17) is 5.11 Å². The minimum absolute atomic E-state index is 0.0637. The number of aromatic nitrogens is 3. The molecule has 0 unspecified atom stereocenters. The number of hydrogen-bond acceptors (Lipinski definition) is 4. The Hall–Kier alpha value is -2.96. The van der Waals surface area contributed by atoms with Crippen LogP contribution in [0.3, 0.4) is 0 Å². The highest BCUT2D eigenvalue weighted by atomic mass is 16.4. The van der Waals surface area contributed by atoms with Crippen LogP contribution in [0, 0.1) is 6.92 Å². The number of nitrogens with one attached hydrogen (secondary N) is 1. The van der Waals surface area contributed by atoms with Crippen LogP contribution in [0.25, 0.3) is 6.08 Å². The summed E-state index contributed by atoms with van der Waals surface area (Å²) >= 11 is 0. The average molecular weight is 286 g/mol. The lowest BCUT2D eigenvalue weighted by atomic mass is 10.1. The fourth-order valence-corrected chi connectivity index (χ4v) is 1.72. The van der Waals surface area contributed by atoms with Crippen molar-refractivity contribution in [1.29, 1.82) is 0 Å². The zero-order chi connectivity index (χ0) is 15.2. The molecule has 1 aromatic heterocycles. The largest absolute Gasteiger partial charge is 0.478 e. The summed E-state index contributed by atoms with van der Waals surface area (Å²) in [6.07, 6.45) is 5.64. The van der Waals surface area contributed by atoms with Crippen molar-refractivity contribution in [1.82, 2.24) is 15.0 Å². The molecular formula is C14H14N4O3. The monoisotopic (exact) mass is 286 g/mol. The molecule has 0 aliphatic heterocycles. The molecule has 0 bridgehead atoms. The lowest BCUT2D eigenvalue weighted by Crippen LogP contribution is -2.19. The number of carbonyl (C=O) groups excluding carboxylic acids is 1. The standard InChI is InChI=1S/C14H14N4O3/c1-10-2-4-12(8-11(10)3-5-14(20)21)16-13(19)9-18-7-6-15-17-18/h2-8H,9H2,1H3,(H,16,19)(H,20,21)/b5-3+. The Morgan fingerprint density at radius 2 is 2.24 bits per heavy atom. The maximum Gasteiger partial charge on any atom is 0.328 e. The average Bonchev–Trinajstić information content (AvgIpc) is 2.92. The molecule has 7 heteroatoms.